The Labute approximate surface area is 123 Å². The molecule has 0 aliphatic heterocycles. The van der Waals surface area contributed by atoms with Crippen molar-refractivity contribution < 1.29 is 4.79 Å². The molecule has 20 heavy (non-hydrogen) atoms. The average molecular weight is 279 g/mol. The first-order valence-electron chi connectivity index (χ1n) is 7.03. The van der Waals surface area contributed by atoms with Gasteiger partial charge >= 0.3 is 0 Å². The smallest absolute Gasteiger partial charge is 0.133 e. The molecule has 0 aromatic carbocycles. The highest BCUT2D eigenvalue weighted by Crippen LogP contribution is 2.05. The van der Waals surface area contributed by atoms with Gasteiger partial charge in [-0.2, -0.15) is 0 Å². The Morgan fingerprint density at radius 3 is 1.65 bits per heavy atom. The van der Waals surface area contributed by atoms with Crippen molar-refractivity contribution in [3.63, 3.8) is 0 Å². The van der Waals surface area contributed by atoms with Crippen LogP contribution in [0.2, 0.25) is 0 Å². The van der Waals surface area contributed by atoms with E-state index in [-0.39, 0.29) is 5.78 Å². The number of hydrogen-bond donors (Lipinski definition) is 1. The summed E-state index contributed by atoms with van der Waals surface area (Å²) in [7, 11) is 4.11. The Morgan fingerprint density at radius 1 is 0.900 bits per heavy atom. The molecule has 4 heteroatoms. The lowest BCUT2D eigenvalue weighted by molar-refractivity contribution is -0.116. The van der Waals surface area contributed by atoms with E-state index in [9.17, 15) is 4.79 Å². The molecule has 0 aliphatic rings. The second-order valence-corrected chi connectivity index (χ2v) is 5.42. The predicted octanol–water partition coefficient (Wildman–Crippen LogP) is 3.07. The van der Waals surface area contributed by atoms with Gasteiger partial charge in [0.25, 0.3) is 0 Å². The fraction of sp³-hybridized carbons (Fsp3) is 0.625. The number of carbonyl (C=O) groups excluding carboxylic acids is 1. The van der Waals surface area contributed by atoms with Crippen molar-refractivity contribution in [3.05, 3.63) is 23.5 Å². The number of hydrogen-bond acceptors (Lipinski definition) is 4. The van der Waals surface area contributed by atoms with E-state index in [1.807, 2.05) is 27.0 Å². The molecule has 0 spiro atoms. The summed E-state index contributed by atoms with van der Waals surface area (Å²) in [6.07, 6.45) is 5.28. The number of rotatable bonds is 9. The van der Waals surface area contributed by atoms with Gasteiger partial charge in [-0.3, -0.25) is 4.79 Å². The van der Waals surface area contributed by atoms with E-state index >= 15 is 0 Å². The first kappa shape index (κ1) is 18.4. The minimum Gasteiger partial charge on any atom is -0.377 e. The summed E-state index contributed by atoms with van der Waals surface area (Å²) in [5.74, 6) is 0.190. The molecule has 0 amide bonds. The zero-order valence-electron chi connectivity index (χ0n) is 13.8. The third-order valence-corrected chi connectivity index (χ3v) is 3.36. The molecule has 0 atom stereocenters. The fourth-order valence-corrected chi connectivity index (χ4v) is 1.56. The van der Waals surface area contributed by atoms with E-state index in [4.69, 9.17) is 5.41 Å². The van der Waals surface area contributed by atoms with Gasteiger partial charge in [0.1, 0.15) is 5.78 Å². The van der Waals surface area contributed by atoms with E-state index in [0.29, 0.717) is 18.6 Å². The second kappa shape index (κ2) is 9.34. The van der Waals surface area contributed by atoms with E-state index in [0.717, 1.165) is 18.8 Å². The Bertz CT molecular complexity index is 359. The first-order chi connectivity index (χ1) is 9.23. The van der Waals surface area contributed by atoms with Crippen LogP contribution in [-0.4, -0.2) is 48.5 Å². The van der Waals surface area contributed by atoms with E-state index in [2.05, 4.69) is 29.8 Å². The molecule has 0 aromatic rings. The third-order valence-electron chi connectivity index (χ3n) is 3.36. The summed E-state index contributed by atoms with van der Waals surface area (Å²) in [5, 5.41) is 7.43. The fourth-order valence-electron chi connectivity index (χ4n) is 1.56. The third kappa shape index (κ3) is 8.51. The van der Waals surface area contributed by atoms with Crippen LogP contribution in [0.4, 0.5) is 0 Å². The van der Waals surface area contributed by atoms with Gasteiger partial charge in [0.05, 0.1) is 0 Å². The predicted molar refractivity (Wildman–Crippen MR) is 86.1 cm³/mol. The summed E-state index contributed by atoms with van der Waals surface area (Å²) < 4.78 is 0. The van der Waals surface area contributed by atoms with Crippen molar-refractivity contribution in [2.45, 2.75) is 40.5 Å². The molecule has 0 heterocycles. The van der Waals surface area contributed by atoms with Crippen molar-refractivity contribution >= 4 is 11.5 Å². The maximum Gasteiger partial charge on any atom is 0.133 e. The SMILES string of the molecule is CC(=N)C/C=C(\C)N(C)CCN(C)C(C)=CCC(C)=O. The van der Waals surface area contributed by atoms with E-state index in [1.165, 1.54) is 5.70 Å². The Hall–Kier alpha value is -1.58. The van der Waals surface area contributed by atoms with Crippen molar-refractivity contribution in [2.75, 3.05) is 27.2 Å². The molecule has 0 saturated carbocycles. The van der Waals surface area contributed by atoms with Crippen molar-refractivity contribution in [2.24, 2.45) is 0 Å². The van der Waals surface area contributed by atoms with Crippen LogP contribution in [0.1, 0.15) is 40.5 Å². The lowest BCUT2D eigenvalue weighted by atomic mass is 10.2. The van der Waals surface area contributed by atoms with Gasteiger partial charge in [0.2, 0.25) is 0 Å². The molecule has 0 rings (SSSR count). The molecule has 4 nitrogen and oxygen atoms in total. The number of carbonyl (C=O) groups is 1. The summed E-state index contributed by atoms with van der Waals surface area (Å²) in [5.41, 5.74) is 3.00. The van der Waals surface area contributed by atoms with Gasteiger partial charge < -0.3 is 15.2 Å². The van der Waals surface area contributed by atoms with Crippen LogP contribution in [0.5, 0.6) is 0 Å². The largest absolute Gasteiger partial charge is 0.377 e. The van der Waals surface area contributed by atoms with Gasteiger partial charge in [0.15, 0.2) is 0 Å². The van der Waals surface area contributed by atoms with Crippen LogP contribution in [0.15, 0.2) is 23.5 Å². The van der Waals surface area contributed by atoms with Gasteiger partial charge in [-0.1, -0.05) is 12.2 Å². The molecule has 0 saturated heterocycles. The topological polar surface area (TPSA) is 47.4 Å². The quantitative estimate of drug-likeness (QED) is 0.660. The van der Waals surface area contributed by atoms with Crippen LogP contribution in [0.25, 0.3) is 0 Å². The molecule has 0 aromatic heterocycles. The van der Waals surface area contributed by atoms with Gasteiger partial charge in [0, 0.05) is 57.1 Å². The highest BCUT2D eigenvalue weighted by Gasteiger charge is 2.03. The number of Topliss-reactive ketones (excluding diaryl/α,β-unsaturated/α-hetero) is 1. The maximum atomic E-state index is 11.0. The summed E-state index contributed by atoms with van der Waals surface area (Å²) in [4.78, 5) is 15.3. The van der Waals surface area contributed by atoms with Crippen LogP contribution >= 0.6 is 0 Å². The summed E-state index contributed by atoms with van der Waals surface area (Å²) in [6.45, 7) is 9.36. The van der Waals surface area contributed by atoms with Crippen LogP contribution in [0, 0.1) is 5.41 Å². The zero-order valence-corrected chi connectivity index (χ0v) is 13.8. The van der Waals surface area contributed by atoms with Crippen molar-refractivity contribution in [3.8, 4) is 0 Å². The highest BCUT2D eigenvalue weighted by molar-refractivity contribution is 5.80. The molecule has 0 aliphatic carbocycles. The summed E-state index contributed by atoms with van der Waals surface area (Å²) >= 11 is 0. The number of ketones is 1. The van der Waals surface area contributed by atoms with Crippen molar-refractivity contribution in [1.29, 1.82) is 5.41 Å². The van der Waals surface area contributed by atoms with E-state index in [1.54, 1.807) is 6.92 Å². The van der Waals surface area contributed by atoms with Gasteiger partial charge in [-0.05, 0) is 27.7 Å². The number of nitrogens with one attached hydrogen (secondary N) is 1. The van der Waals surface area contributed by atoms with Crippen molar-refractivity contribution in [1.82, 2.24) is 9.80 Å². The maximum absolute atomic E-state index is 11.0. The number of likely N-dealkylation sites (N-methyl/N-ethyl adjacent to an activating group) is 2. The molecule has 0 fully saturated rings. The van der Waals surface area contributed by atoms with Crippen LogP contribution in [-0.2, 0) is 4.79 Å². The van der Waals surface area contributed by atoms with Gasteiger partial charge in [-0.15, -0.1) is 0 Å². The number of nitrogens with zero attached hydrogens (tertiary/aromatic N) is 2. The molecule has 0 unspecified atom stereocenters. The zero-order chi connectivity index (χ0) is 15.7. The van der Waals surface area contributed by atoms with Crippen LogP contribution in [0.3, 0.4) is 0 Å². The molecule has 1 N–H and O–H groups in total. The first-order valence-corrected chi connectivity index (χ1v) is 7.03. The van der Waals surface area contributed by atoms with Crippen LogP contribution < -0.4 is 0 Å². The average Bonchev–Trinajstić information content (AvgIpc) is 2.38. The molecular weight excluding hydrogens is 250 g/mol. The highest BCUT2D eigenvalue weighted by atomic mass is 16.1. The molecular formula is C16H29N3O. The lowest BCUT2D eigenvalue weighted by Gasteiger charge is -2.26. The molecule has 0 bridgehead atoms. The normalized spacial score (nSPS) is 12.3. The summed E-state index contributed by atoms with van der Waals surface area (Å²) in [6, 6.07) is 0. The Balaban J connectivity index is 4.26. The Kier molecular flexibility index (Phi) is 8.61. The monoisotopic (exact) mass is 279 g/mol. The standard InChI is InChI=1S/C16H29N3O/c1-13(17)7-8-14(2)18(5)11-12-19(6)15(3)9-10-16(4)20/h8-9,17H,7,10-12H2,1-6H3/b14-8+,15-9?,17-13?. The minimum absolute atomic E-state index is 0.190. The minimum atomic E-state index is 0.190. The van der Waals surface area contributed by atoms with E-state index < -0.39 is 0 Å². The molecule has 0 radical (unpaired) electrons. The second-order valence-electron chi connectivity index (χ2n) is 5.42. The molecule has 114 valence electrons. The van der Waals surface area contributed by atoms with Gasteiger partial charge in [-0.25, -0.2) is 0 Å². The number of allylic oxidation sites excluding steroid dienone is 4. The lowest BCUT2D eigenvalue weighted by Crippen LogP contribution is -2.29. The Morgan fingerprint density at radius 2 is 1.30 bits per heavy atom.